The second kappa shape index (κ2) is 12.6. The van der Waals surface area contributed by atoms with E-state index in [2.05, 4.69) is 49.7 Å². The van der Waals surface area contributed by atoms with Gasteiger partial charge in [0.05, 0.1) is 6.61 Å². The number of nitrogens with one attached hydrogen (secondary N) is 2. The van der Waals surface area contributed by atoms with Gasteiger partial charge in [0.1, 0.15) is 0 Å². The monoisotopic (exact) mass is 441 g/mol. The van der Waals surface area contributed by atoms with Crippen molar-refractivity contribution >= 4 is 5.96 Å². The maximum atomic E-state index is 5.54. The normalized spacial score (nSPS) is 24.4. The molecule has 1 unspecified atom stereocenters. The molecule has 0 amide bonds. The third-order valence-corrected chi connectivity index (χ3v) is 7.35. The van der Waals surface area contributed by atoms with Gasteiger partial charge in [0.15, 0.2) is 5.96 Å². The molecule has 1 atom stereocenters. The minimum Gasteiger partial charge on any atom is -0.381 e. The van der Waals surface area contributed by atoms with E-state index >= 15 is 0 Å². The van der Waals surface area contributed by atoms with Gasteiger partial charge in [0.25, 0.3) is 0 Å². The lowest BCUT2D eigenvalue weighted by Gasteiger charge is -2.34. The molecule has 6 heteroatoms. The quantitative estimate of drug-likeness (QED) is 0.503. The Morgan fingerprint density at radius 2 is 1.72 bits per heavy atom. The molecule has 32 heavy (non-hydrogen) atoms. The third kappa shape index (κ3) is 7.19. The molecular formula is C26H43N5O. The molecule has 1 aromatic carbocycles. The SMILES string of the molecule is CN=C(NCc1ccccc1CN1CCCCCC1)NC1CCN(CC2CCOC2)CC1. The van der Waals surface area contributed by atoms with Crippen LogP contribution < -0.4 is 10.6 Å². The highest BCUT2D eigenvalue weighted by Crippen LogP contribution is 2.18. The van der Waals surface area contributed by atoms with E-state index in [1.807, 2.05) is 7.05 Å². The van der Waals surface area contributed by atoms with Gasteiger partial charge >= 0.3 is 0 Å². The summed E-state index contributed by atoms with van der Waals surface area (Å²) in [5.74, 6) is 1.67. The van der Waals surface area contributed by atoms with Crippen LogP contribution in [0.25, 0.3) is 0 Å². The number of hydrogen-bond acceptors (Lipinski definition) is 4. The van der Waals surface area contributed by atoms with Crippen molar-refractivity contribution in [3.8, 4) is 0 Å². The number of aliphatic imine (C=N–C) groups is 1. The minimum absolute atomic E-state index is 0.504. The Balaban J connectivity index is 1.22. The number of benzene rings is 1. The lowest BCUT2D eigenvalue weighted by Crippen LogP contribution is -2.49. The van der Waals surface area contributed by atoms with Crippen molar-refractivity contribution in [3.05, 3.63) is 35.4 Å². The lowest BCUT2D eigenvalue weighted by molar-refractivity contribution is 0.150. The zero-order valence-corrected chi connectivity index (χ0v) is 20.0. The van der Waals surface area contributed by atoms with Crippen LogP contribution in [-0.2, 0) is 17.8 Å². The largest absolute Gasteiger partial charge is 0.381 e. The van der Waals surface area contributed by atoms with Crippen LogP contribution in [0, 0.1) is 5.92 Å². The summed E-state index contributed by atoms with van der Waals surface area (Å²) in [6.45, 7) is 9.80. The van der Waals surface area contributed by atoms with Gasteiger partial charge in [-0.25, -0.2) is 0 Å². The van der Waals surface area contributed by atoms with Gasteiger partial charge in [-0.3, -0.25) is 9.89 Å². The van der Waals surface area contributed by atoms with Gasteiger partial charge in [0.2, 0.25) is 0 Å². The highest BCUT2D eigenvalue weighted by molar-refractivity contribution is 5.80. The Labute approximate surface area is 194 Å². The molecule has 0 aliphatic carbocycles. The predicted octanol–water partition coefficient (Wildman–Crippen LogP) is 3.23. The molecule has 3 saturated heterocycles. The van der Waals surface area contributed by atoms with Crippen molar-refractivity contribution in [2.75, 3.05) is 53.0 Å². The number of guanidine groups is 1. The molecule has 178 valence electrons. The van der Waals surface area contributed by atoms with E-state index in [1.54, 1.807) is 0 Å². The summed E-state index contributed by atoms with van der Waals surface area (Å²) < 4.78 is 5.54. The summed E-state index contributed by atoms with van der Waals surface area (Å²) in [6.07, 6.45) is 9.04. The molecule has 0 saturated carbocycles. The standard InChI is InChI=1S/C26H43N5O/c1-27-26(29-25-10-15-31(16-11-25)19-22-12-17-32-21-22)28-18-23-8-4-5-9-24(23)20-30-13-6-2-3-7-14-30/h4-5,8-9,22,25H,2-3,6-7,10-21H2,1H3,(H2,27,28,29). The fourth-order valence-corrected chi connectivity index (χ4v) is 5.34. The van der Waals surface area contributed by atoms with E-state index in [9.17, 15) is 0 Å². The van der Waals surface area contributed by atoms with Crippen LogP contribution in [0.3, 0.4) is 0 Å². The highest BCUT2D eigenvalue weighted by atomic mass is 16.5. The van der Waals surface area contributed by atoms with Crippen LogP contribution in [0.5, 0.6) is 0 Å². The number of hydrogen-bond donors (Lipinski definition) is 2. The first kappa shape index (κ1) is 23.5. The summed E-state index contributed by atoms with van der Waals surface area (Å²) in [5.41, 5.74) is 2.83. The van der Waals surface area contributed by atoms with Gasteiger partial charge in [-0.2, -0.15) is 0 Å². The zero-order valence-electron chi connectivity index (χ0n) is 20.0. The molecule has 3 heterocycles. The van der Waals surface area contributed by atoms with Crippen LogP contribution >= 0.6 is 0 Å². The van der Waals surface area contributed by atoms with Crippen molar-refractivity contribution in [2.45, 2.75) is 64.1 Å². The Morgan fingerprint density at radius 3 is 2.41 bits per heavy atom. The summed E-state index contributed by atoms with van der Waals surface area (Å²) in [6, 6.07) is 9.39. The Kier molecular flexibility index (Phi) is 9.24. The van der Waals surface area contributed by atoms with Crippen molar-refractivity contribution in [2.24, 2.45) is 10.9 Å². The first-order valence-corrected chi connectivity index (χ1v) is 12.9. The molecule has 0 radical (unpaired) electrons. The van der Waals surface area contributed by atoms with Gasteiger partial charge in [-0.15, -0.1) is 0 Å². The summed E-state index contributed by atoms with van der Waals surface area (Å²) >= 11 is 0. The molecule has 3 aliphatic rings. The molecule has 4 rings (SSSR count). The first-order valence-electron chi connectivity index (χ1n) is 12.9. The van der Waals surface area contributed by atoms with Crippen LogP contribution in [0.4, 0.5) is 0 Å². The van der Waals surface area contributed by atoms with Crippen molar-refractivity contribution < 1.29 is 4.74 Å². The van der Waals surface area contributed by atoms with Gasteiger partial charge in [0, 0.05) is 52.4 Å². The van der Waals surface area contributed by atoms with Crippen LogP contribution in [0.15, 0.2) is 29.3 Å². The number of nitrogens with zero attached hydrogens (tertiary/aromatic N) is 3. The predicted molar refractivity (Wildman–Crippen MR) is 132 cm³/mol. The van der Waals surface area contributed by atoms with E-state index < -0.39 is 0 Å². The third-order valence-electron chi connectivity index (χ3n) is 7.35. The molecule has 3 aliphatic heterocycles. The van der Waals surface area contributed by atoms with E-state index in [4.69, 9.17) is 4.74 Å². The van der Waals surface area contributed by atoms with E-state index in [1.165, 1.54) is 88.8 Å². The average Bonchev–Trinajstić information content (AvgIpc) is 3.20. The fourth-order valence-electron chi connectivity index (χ4n) is 5.34. The van der Waals surface area contributed by atoms with Crippen LogP contribution in [-0.4, -0.2) is 74.8 Å². The summed E-state index contributed by atoms with van der Waals surface area (Å²) in [4.78, 5) is 9.76. The lowest BCUT2D eigenvalue weighted by atomic mass is 10.0. The second-order valence-electron chi connectivity index (χ2n) is 9.83. The van der Waals surface area contributed by atoms with Crippen LogP contribution in [0.1, 0.15) is 56.1 Å². The summed E-state index contributed by atoms with van der Waals surface area (Å²) in [7, 11) is 1.88. The molecule has 3 fully saturated rings. The minimum atomic E-state index is 0.504. The molecular weight excluding hydrogens is 398 g/mol. The topological polar surface area (TPSA) is 52.1 Å². The molecule has 2 N–H and O–H groups in total. The Bertz CT molecular complexity index is 702. The molecule has 0 spiro atoms. The molecule has 0 aromatic heterocycles. The van der Waals surface area contributed by atoms with E-state index in [-0.39, 0.29) is 0 Å². The van der Waals surface area contributed by atoms with Gasteiger partial charge in [-0.1, -0.05) is 37.1 Å². The first-order chi connectivity index (χ1) is 15.8. The van der Waals surface area contributed by atoms with Gasteiger partial charge < -0.3 is 20.3 Å². The second-order valence-corrected chi connectivity index (χ2v) is 9.83. The van der Waals surface area contributed by atoms with Crippen molar-refractivity contribution in [1.29, 1.82) is 0 Å². The number of likely N-dealkylation sites (tertiary alicyclic amines) is 2. The molecule has 0 bridgehead atoms. The van der Waals surface area contributed by atoms with Crippen molar-refractivity contribution in [3.63, 3.8) is 0 Å². The number of ether oxygens (including phenoxy) is 1. The Hall–Kier alpha value is -1.63. The van der Waals surface area contributed by atoms with E-state index in [0.717, 1.165) is 38.2 Å². The van der Waals surface area contributed by atoms with E-state index in [0.29, 0.717) is 6.04 Å². The highest BCUT2D eigenvalue weighted by Gasteiger charge is 2.24. The molecule has 1 aromatic rings. The maximum Gasteiger partial charge on any atom is 0.191 e. The smallest absolute Gasteiger partial charge is 0.191 e. The van der Waals surface area contributed by atoms with Crippen LogP contribution in [0.2, 0.25) is 0 Å². The van der Waals surface area contributed by atoms with Crippen molar-refractivity contribution in [1.82, 2.24) is 20.4 Å². The maximum absolute atomic E-state index is 5.54. The summed E-state index contributed by atoms with van der Waals surface area (Å²) in [5, 5.41) is 7.26. The molecule has 6 nitrogen and oxygen atoms in total. The number of piperidine rings is 1. The van der Waals surface area contributed by atoms with Gasteiger partial charge in [-0.05, 0) is 62.2 Å². The fraction of sp³-hybridized carbons (Fsp3) is 0.731. The number of rotatable bonds is 7. The average molecular weight is 442 g/mol. The zero-order chi connectivity index (χ0) is 22.0. The Morgan fingerprint density at radius 1 is 0.969 bits per heavy atom.